The first-order chi connectivity index (χ1) is 16.5. The normalized spacial score (nSPS) is 18.5. The van der Waals surface area contributed by atoms with Crippen molar-refractivity contribution in [2.75, 3.05) is 24.6 Å². The Kier molecular flexibility index (Phi) is 6.43. The van der Waals surface area contributed by atoms with Crippen LogP contribution in [0.3, 0.4) is 0 Å². The summed E-state index contributed by atoms with van der Waals surface area (Å²) in [5.74, 6) is 2.43. The topological polar surface area (TPSA) is 79.5 Å². The Morgan fingerprint density at radius 2 is 1.85 bits per heavy atom. The molecule has 1 aliphatic heterocycles. The molecule has 0 spiro atoms. The van der Waals surface area contributed by atoms with Gasteiger partial charge in [0, 0.05) is 24.3 Å². The van der Waals surface area contributed by atoms with Gasteiger partial charge in [-0.1, -0.05) is 12.1 Å². The molecule has 178 valence electrons. The van der Waals surface area contributed by atoms with E-state index in [1.807, 2.05) is 38.1 Å². The summed E-state index contributed by atoms with van der Waals surface area (Å²) in [5.41, 5.74) is 3.56. The Hall–Kier alpha value is -3.48. The van der Waals surface area contributed by atoms with E-state index in [4.69, 9.17) is 9.47 Å². The second-order valence-corrected chi connectivity index (χ2v) is 9.40. The van der Waals surface area contributed by atoms with Crippen LogP contribution in [0, 0.1) is 12.8 Å². The zero-order valence-corrected chi connectivity index (χ0v) is 19.8. The smallest absolute Gasteiger partial charge is 0.255 e. The summed E-state index contributed by atoms with van der Waals surface area (Å²) in [6.07, 6.45) is 5.29. The molecule has 2 heterocycles. The molecule has 3 aromatic rings. The number of aromatic nitrogens is 2. The number of nitrogens with zero attached hydrogens (tertiary/aromatic N) is 2. The molecule has 0 unspecified atom stereocenters. The number of aromatic amines is 1. The van der Waals surface area contributed by atoms with E-state index in [-0.39, 0.29) is 18.1 Å². The van der Waals surface area contributed by atoms with E-state index in [2.05, 4.69) is 44.7 Å². The molecule has 1 aliphatic carbocycles. The molecule has 1 amide bonds. The Morgan fingerprint density at radius 1 is 1.12 bits per heavy atom. The molecule has 7 nitrogen and oxygen atoms in total. The Bertz CT molecular complexity index is 1110. The van der Waals surface area contributed by atoms with Gasteiger partial charge in [-0.15, -0.1) is 0 Å². The number of hydrogen-bond acceptors (Lipinski definition) is 5. The van der Waals surface area contributed by atoms with Gasteiger partial charge in [-0.05, 0) is 74.6 Å². The van der Waals surface area contributed by atoms with Crippen LogP contribution in [0.5, 0.6) is 11.5 Å². The number of ether oxygens (including phenoxy) is 2. The summed E-state index contributed by atoms with van der Waals surface area (Å²) >= 11 is 0. The zero-order chi connectivity index (χ0) is 23.5. The van der Waals surface area contributed by atoms with Gasteiger partial charge in [0.15, 0.2) is 0 Å². The lowest BCUT2D eigenvalue weighted by Gasteiger charge is -2.20. The second-order valence-electron chi connectivity index (χ2n) is 9.40. The fourth-order valence-electron chi connectivity index (χ4n) is 4.28. The van der Waals surface area contributed by atoms with E-state index in [1.54, 1.807) is 6.20 Å². The molecule has 2 N–H and O–H groups in total. The first kappa shape index (κ1) is 22.3. The Morgan fingerprint density at radius 3 is 2.53 bits per heavy atom. The molecular formula is C27H32N4O3. The average molecular weight is 461 g/mol. The van der Waals surface area contributed by atoms with Gasteiger partial charge < -0.3 is 19.7 Å². The number of anilines is 1. The number of nitrogens with one attached hydrogen (secondary N) is 2. The van der Waals surface area contributed by atoms with Crippen molar-refractivity contribution in [3.05, 3.63) is 71.5 Å². The summed E-state index contributed by atoms with van der Waals surface area (Å²) in [4.78, 5) is 14.8. The molecule has 0 radical (unpaired) electrons. The van der Waals surface area contributed by atoms with Gasteiger partial charge in [-0.2, -0.15) is 5.10 Å². The maximum absolute atomic E-state index is 12.4. The Labute approximate surface area is 200 Å². The van der Waals surface area contributed by atoms with Crippen molar-refractivity contribution >= 4 is 11.6 Å². The van der Waals surface area contributed by atoms with Crippen LogP contribution in [-0.2, 0) is 0 Å². The lowest BCUT2D eigenvalue weighted by Crippen LogP contribution is -2.27. The van der Waals surface area contributed by atoms with Gasteiger partial charge in [-0.3, -0.25) is 9.89 Å². The number of H-pyrrole nitrogens is 1. The van der Waals surface area contributed by atoms with Crippen molar-refractivity contribution in [3.8, 4) is 11.5 Å². The summed E-state index contributed by atoms with van der Waals surface area (Å²) < 4.78 is 12.1. The van der Waals surface area contributed by atoms with Crippen molar-refractivity contribution in [3.63, 3.8) is 0 Å². The Balaban J connectivity index is 1.11. The predicted molar refractivity (Wildman–Crippen MR) is 132 cm³/mol. The molecule has 2 atom stereocenters. The van der Waals surface area contributed by atoms with Crippen LogP contribution in [-0.4, -0.2) is 41.9 Å². The molecule has 2 aromatic carbocycles. The van der Waals surface area contributed by atoms with E-state index < -0.39 is 0 Å². The third-order valence-corrected chi connectivity index (χ3v) is 6.63. The van der Waals surface area contributed by atoms with Gasteiger partial charge in [0.05, 0.1) is 31.0 Å². The van der Waals surface area contributed by atoms with Crippen LogP contribution in [0.1, 0.15) is 53.8 Å². The number of benzene rings is 2. The standard InChI is InChI=1S/C27H32N4O3/c1-18(29-27(32)26-15-28-30-19(26)2)21-5-9-24(10-6-21)34-25-13-14-31(16-25)22-7-11-23(12-8-22)33-17-20-3-4-20/h5-12,15,18,20,25H,3-4,13-14,16-17H2,1-2H3,(H,28,30)(H,29,32)/t18-,25+/m0/s1. The molecule has 5 rings (SSSR count). The molecule has 2 aliphatic rings. The van der Waals surface area contributed by atoms with E-state index in [0.29, 0.717) is 5.56 Å². The quantitative estimate of drug-likeness (QED) is 0.486. The van der Waals surface area contributed by atoms with Crippen LogP contribution in [0.4, 0.5) is 5.69 Å². The van der Waals surface area contributed by atoms with Crippen LogP contribution < -0.4 is 19.7 Å². The van der Waals surface area contributed by atoms with Crippen LogP contribution in [0.25, 0.3) is 0 Å². The summed E-state index contributed by atoms with van der Waals surface area (Å²) in [5, 5.41) is 9.73. The first-order valence-corrected chi connectivity index (χ1v) is 12.1. The number of rotatable bonds is 9. The molecule has 0 bridgehead atoms. The SMILES string of the molecule is Cc1[nH]ncc1C(=O)N[C@@H](C)c1ccc(O[C@@H]2CCN(c3ccc(OCC4CC4)cc3)C2)cc1. The third kappa shape index (κ3) is 5.35. The van der Waals surface area contributed by atoms with Crippen molar-refractivity contribution in [2.45, 2.75) is 45.3 Å². The fraction of sp³-hybridized carbons (Fsp3) is 0.407. The number of carbonyl (C=O) groups is 1. The maximum Gasteiger partial charge on any atom is 0.255 e. The van der Waals surface area contributed by atoms with Crippen LogP contribution >= 0.6 is 0 Å². The van der Waals surface area contributed by atoms with Crippen molar-refractivity contribution in [2.24, 2.45) is 5.92 Å². The minimum Gasteiger partial charge on any atom is -0.493 e. The van der Waals surface area contributed by atoms with Gasteiger partial charge in [0.2, 0.25) is 0 Å². The highest BCUT2D eigenvalue weighted by atomic mass is 16.5. The fourth-order valence-corrected chi connectivity index (χ4v) is 4.28. The molecule has 34 heavy (non-hydrogen) atoms. The van der Waals surface area contributed by atoms with Crippen molar-refractivity contribution in [1.82, 2.24) is 15.5 Å². The predicted octanol–water partition coefficient (Wildman–Crippen LogP) is 4.66. The van der Waals surface area contributed by atoms with Gasteiger partial charge in [-0.25, -0.2) is 0 Å². The highest BCUT2D eigenvalue weighted by Gasteiger charge is 2.25. The van der Waals surface area contributed by atoms with E-state index in [1.165, 1.54) is 18.5 Å². The number of aryl methyl sites for hydroxylation is 1. The molecule has 2 fully saturated rings. The third-order valence-electron chi connectivity index (χ3n) is 6.63. The minimum atomic E-state index is -0.132. The zero-order valence-electron chi connectivity index (χ0n) is 19.8. The number of carbonyl (C=O) groups excluding carboxylic acids is 1. The molecule has 1 saturated carbocycles. The lowest BCUT2D eigenvalue weighted by molar-refractivity contribution is 0.0939. The number of hydrogen-bond donors (Lipinski definition) is 2. The number of amides is 1. The van der Waals surface area contributed by atoms with E-state index in [9.17, 15) is 4.79 Å². The van der Waals surface area contributed by atoms with Crippen molar-refractivity contribution < 1.29 is 14.3 Å². The molecule has 7 heteroatoms. The monoisotopic (exact) mass is 460 g/mol. The highest BCUT2D eigenvalue weighted by molar-refractivity contribution is 5.95. The molecule has 1 saturated heterocycles. The highest BCUT2D eigenvalue weighted by Crippen LogP contribution is 2.30. The lowest BCUT2D eigenvalue weighted by atomic mass is 10.1. The maximum atomic E-state index is 12.4. The van der Waals surface area contributed by atoms with Crippen molar-refractivity contribution in [1.29, 1.82) is 0 Å². The largest absolute Gasteiger partial charge is 0.493 e. The summed E-state index contributed by atoms with van der Waals surface area (Å²) in [6, 6.07) is 16.3. The summed E-state index contributed by atoms with van der Waals surface area (Å²) in [7, 11) is 0. The molecular weight excluding hydrogens is 428 g/mol. The second kappa shape index (κ2) is 9.79. The van der Waals surface area contributed by atoms with Crippen LogP contribution in [0.15, 0.2) is 54.7 Å². The minimum absolute atomic E-state index is 0.117. The van der Waals surface area contributed by atoms with Crippen LogP contribution in [0.2, 0.25) is 0 Å². The summed E-state index contributed by atoms with van der Waals surface area (Å²) in [6.45, 7) is 6.48. The average Bonchev–Trinajstić information content (AvgIpc) is 3.39. The van der Waals surface area contributed by atoms with E-state index in [0.717, 1.165) is 54.8 Å². The first-order valence-electron chi connectivity index (χ1n) is 12.1. The van der Waals surface area contributed by atoms with Gasteiger partial charge >= 0.3 is 0 Å². The van der Waals surface area contributed by atoms with E-state index >= 15 is 0 Å². The van der Waals surface area contributed by atoms with Gasteiger partial charge in [0.25, 0.3) is 5.91 Å². The van der Waals surface area contributed by atoms with Gasteiger partial charge in [0.1, 0.15) is 17.6 Å². The molecule has 1 aromatic heterocycles.